The lowest BCUT2D eigenvalue weighted by atomic mass is 10.2. The number of nitrogens with one attached hydrogen (secondary N) is 1. The summed E-state index contributed by atoms with van der Waals surface area (Å²) in [4.78, 5) is 15.5. The van der Waals surface area contributed by atoms with Gasteiger partial charge in [0.05, 0.1) is 0 Å². The number of rotatable bonds is 7. The summed E-state index contributed by atoms with van der Waals surface area (Å²) in [6, 6.07) is 16.4. The van der Waals surface area contributed by atoms with E-state index in [0.29, 0.717) is 12.5 Å². The van der Waals surface area contributed by atoms with Crippen LogP contribution < -0.4 is 10.2 Å². The molecule has 3 aromatic rings. The van der Waals surface area contributed by atoms with Gasteiger partial charge in [-0.3, -0.25) is 4.98 Å². The maximum Gasteiger partial charge on any atom is 0.225 e. The third-order valence-electron chi connectivity index (χ3n) is 3.96. The van der Waals surface area contributed by atoms with Gasteiger partial charge in [-0.2, -0.15) is 4.98 Å². The standard InChI is InChI=1S/C20H23N5/c1-3-25(15-18-7-5-4-6-8-18)19-13-16(2)23-20(24-19)22-14-17-9-11-21-12-10-17/h4-13H,3,14-15H2,1-2H3,(H,22,23,24). The van der Waals surface area contributed by atoms with E-state index >= 15 is 0 Å². The fourth-order valence-electron chi connectivity index (χ4n) is 2.63. The van der Waals surface area contributed by atoms with Crippen LogP contribution in [0, 0.1) is 6.92 Å². The monoisotopic (exact) mass is 333 g/mol. The second-order valence-corrected chi connectivity index (χ2v) is 5.90. The van der Waals surface area contributed by atoms with E-state index in [-0.39, 0.29) is 0 Å². The predicted molar refractivity (Wildman–Crippen MR) is 101 cm³/mol. The zero-order chi connectivity index (χ0) is 17.5. The summed E-state index contributed by atoms with van der Waals surface area (Å²) in [5, 5.41) is 3.31. The van der Waals surface area contributed by atoms with Crippen molar-refractivity contribution in [1.29, 1.82) is 0 Å². The Morgan fingerprint density at radius 2 is 1.72 bits per heavy atom. The van der Waals surface area contributed by atoms with Crippen molar-refractivity contribution in [1.82, 2.24) is 15.0 Å². The molecule has 0 unspecified atom stereocenters. The molecule has 1 aromatic carbocycles. The van der Waals surface area contributed by atoms with E-state index in [9.17, 15) is 0 Å². The Bertz CT molecular complexity index is 790. The average Bonchev–Trinajstić information content (AvgIpc) is 2.66. The summed E-state index contributed by atoms with van der Waals surface area (Å²) in [6.45, 7) is 6.53. The molecule has 1 N–H and O–H groups in total. The molecule has 0 spiro atoms. The lowest BCUT2D eigenvalue weighted by Crippen LogP contribution is -2.23. The Morgan fingerprint density at radius 3 is 2.44 bits per heavy atom. The van der Waals surface area contributed by atoms with Crippen LogP contribution in [-0.4, -0.2) is 21.5 Å². The largest absolute Gasteiger partial charge is 0.352 e. The van der Waals surface area contributed by atoms with Crippen molar-refractivity contribution in [3.63, 3.8) is 0 Å². The van der Waals surface area contributed by atoms with Crippen molar-refractivity contribution < 1.29 is 0 Å². The van der Waals surface area contributed by atoms with Crippen LogP contribution in [0.25, 0.3) is 0 Å². The van der Waals surface area contributed by atoms with E-state index in [2.05, 4.69) is 51.4 Å². The SMILES string of the molecule is CCN(Cc1ccccc1)c1cc(C)nc(NCc2ccncc2)n1. The lowest BCUT2D eigenvalue weighted by Gasteiger charge is -2.23. The summed E-state index contributed by atoms with van der Waals surface area (Å²) < 4.78 is 0. The molecule has 128 valence electrons. The molecule has 0 aliphatic carbocycles. The van der Waals surface area contributed by atoms with Crippen molar-refractivity contribution in [2.75, 3.05) is 16.8 Å². The van der Waals surface area contributed by atoms with Crippen LogP contribution in [-0.2, 0) is 13.1 Å². The Labute approximate surface area is 148 Å². The van der Waals surface area contributed by atoms with Gasteiger partial charge in [0.2, 0.25) is 5.95 Å². The molecule has 25 heavy (non-hydrogen) atoms. The smallest absolute Gasteiger partial charge is 0.225 e. The van der Waals surface area contributed by atoms with Gasteiger partial charge >= 0.3 is 0 Å². The first-order valence-electron chi connectivity index (χ1n) is 8.52. The van der Waals surface area contributed by atoms with Crippen LogP contribution in [0.3, 0.4) is 0 Å². The van der Waals surface area contributed by atoms with Gasteiger partial charge in [0.15, 0.2) is 0 Å². The highest BCUT2D eigenvalue weighted by Gasteiger charge is 2.10. The van der Waals surface area contributed by atoms with Gasteiger partial charge in [0.1, 0.15) is 5.82 Å². The highest BCUT2D eigenvalue weighted by Crippen LogP contribution is 2.18. The van der Waals surface area contributed by atoms with Crippen LogP contribution >= 0.6 is 0 Å². The topological polar surface area (TPSA) is 53.9 Å². The molecule has 0 bridgehead atoms. The summed E-state index contributed by atoms with van der Waals surface area (Å²) in [6.07, 6.45) is 3.58. The number of aromatic nitrogens is 3. The number of benzene rings is 1. The Balaban J connectivity index is 1.75. The van der Waals surface area contributed by atoms with Crippen LogP contribution in [0.1, 0.15) is 23.7 Å². The summed E-state index contributed by atoms with van der Waals surface area (Å²) in [5.74, 6) is 1.59. The maximum absolute atomic E-state index is 4.70. The second kappa shape index (κ2) is 8.24. The van der Waals surface area contributed by atoms with E-state index in [1.54, 1.807) is 12.4 Å². The minimum atomic E-state index is 0.651. The minimum absolute atomic E-state index is 0.651. The van der Waals surface area contributed by atoms with Gasteiger partial charge in [0, 0.05) is 43.8 Å². The molecular formula is C20H23N5. The van der Waals surface area contributed by atoms with Crippen LogP contribution in [0.2, 0.25) is 0 Å². The molecule has 0 aliphatic heterocycles. The fraction of sp³-hybridized carbons (Fsp3) is 0.250. The molecule has 0 fully saturated rings. The first-order valence-corrected chi connectivity index (χ1v) is 8.52. The molecule has 0 saturated carbocycles. The van der Waals surface area contributed by atoms with Crippen molar-refractivity contribution >= 4 is 11.8 Å². The Morgan fingerprint density at radius 1 is 0.960 bits per heavy atom. The normalized spacial score (nSPS) is 10.5. The Kier molecular flexibility index (Phi) is 5.57. The van der Waals surface area contributed by atoms with Crippen molar-refractivity contribution in [2.45, 2.75) is 26.9 Å². The van der Waals surface area contributed by atoms with Crippen molar-refractivity contribution in [3.8, 4) is 0 Å². The molecule has 0 aliphatic rings. The first kappa shape index (κ1) is 16.9. The summed E-state index contributed by atoms with van der Waals surface area (Å²) in [5.41, 5.74) is 3.37. The van der Waals surface area contributed by atoms with E-state index in [4.69, 9.17) is 4.98 Å². The second-order valence-electron chi connectivity index (χ2n) is 5.90. The number of hydrogen-bond donors (Lipinski definition) is 1. The molecule has 2 aromatic heterocycles. The highest BCUT2D eigenvalue weighted by molar-refractivity contribution is 5.45. The summed E-state index contributed by atoms with van der Waals surface area (Å²) >= 11 is 0. The van der Waals surface area contributed by atoms with Gasteiger partial charge in [-0.15, -0.1) is 0 Å². The van der Waals surface area contributed by atoms with E-state index in [1.807, 2.05) is 31.2 Å². The lowest BCUT2D eigenvalue weighted by molar-refractivity contribution is 0.807. The number of anilines is 2. The first-order chi connectivity index (χ1) is 12.2. The highest BCUT2D eigenvalue weighted by atomic mass is 15.2. The molecule has 0 amide bonds. The average molecular weight is 333 g/mol. The molecular weight excluding hydrogens is 310 g/mol. The maximum atomic E-state index is 4.70. The predicted octanol–water partition coefficient (Wildman–Crippen LogP) is 3.82. The van der Waals surface area contributed by atoms with Crippen LogP contribution in [0.15, 0.2) is 60.9 Å². The third kappa shape index (κ3) is 4.76. The van der Waals surface area contributed by atoms with E-state index in [1.165, 1.54) is 5.56 Å². The van der Waals surface area contributed by atoms with Crippen molar-refractivity contribution in [3.05, 3.63) is 77.7 Å². The molecule has 3 rings (SSSR count). The van der Waals surface area contributed by atoms with Gasteiger partial charge in [-0.05, 0) is 37.1 Å². The number of pyridine rings is 1. The molecule has 0 saturated heterocycles. The molecule has 5 nitrogen and oxygen atoms in total. The quantitative estimate of drug-likeness (QED) is 0.712. The van der Waals surface area contributed by atoms with E-state index in [0.717, 1.165) is 30.2 Å². The van der Waals surface area contributed by atoms with Gasteiger partial charge in [-0.1, -0.05) is 30.3 Å². The fourth-order valence-corrected chi connectivity index (χ4v) is 2.63. The molecule has 0 radical (unpaired) electrons. The molecule has 0 atom stereocenters. The zero-order valence-electron chi connectivity index (χ0n) is 14.7. The van der Waals surface area contributed by atoms with E-state index < -0.39 is 0 Å². The number of hydrogen-bond acceptors (Lipinski definition) is 5. The van der Waals surface area contributed by atoms with Gasteiger partial charge in [-0.25, -0.2) is 4.98 Å². The van der Waals surface area contributed by atoms with Gasteiger partial charge < -0.3 is 10.2 Å². The number of aryl methyl sites for hydroxylation is 1. The zero-order valence-corrected chi connectivity index (χ0v) is 14.7. The van der Waals surface area contributed by atoms with Crippen LogP contribution in [0.4, 0.5) is 11.8 Å². The van der Waals surface area contributed by atoms with Crippen LogP contribution in [0.5, 0.6) is 0 Å². The molecule has 2 heterocycles. The minimum Gasteiger partial charge on any atom is -0.352 e. The van der Waals surface area contributed by atoms with Crippen molar-refractivity contribution in [2.24, 2.45) is 0 Å². The Hall–Kier alpha value is -2.95. The number of nitrogens with zero attached hydrogens (tertiary/aromatic N) is 4. The van der Waals surface area contributed by atoms with Gasteiger partial charge in [0.25, 0.3) is 0 Å². The molecule has 5 heteroatoms. The third-order valence-corrected chi connectivity index (χ3v) is 3.96. The summed E-state index contributed by atoms with van der Waals surface area (Å²) in [7, 11) is 0.